The number of aromatic nitrogens is 2. The Kier molecular flexibility index (Phi) is 11.9. The summed E-state index contributed by atoms with van der Waals surface area (Å²) in [6.07, 6.45) is -2.42. The number of pyridine rings is 2. The second kappa shape index (κ2) is 17.3. The average Bonchev–Trinajstić information content (AvgIpc) is 3.52. The quantitative estimate of drug-likeness (QED) is 0.161. The molecule has 2 amide bonds. The zero-order valence-electron chi connectivity index (χ0n) is 33.7. The van der Waals surface area contributed by atoms with Gasteiger partial charge >= 0.3 is 12.4 Å². The SMILES string of the molecule is CN(C)c1cc2c(cc1C(F)(F)F)NC(=O)CC(c1cccc(-c3cccnc3)c1)=N2.CN(C)c1cc2c(cc1C(F)(F)F)NC(=O)CC(c1cccc(-c3ccncc3)c1)=N2. The summed E-state index contributed by atoms with van der Waals surface area (Å²) in [4.78, 5) is 45.0. The van der Waals surface area contributed by atoms with E-state index in [1.807, 2.05) is 72.8 Å². The van der Waals surface area contributed by atoms with Gasteiger partial charge in [-0.05, 0) is 82.4 Å². The summed E-state index contributed by atoms with van der Waals surface area (Å²) in [5.74, 6) is -0.840. The molecule has 62 heavy (non-hydrogen) atoms. The Balaban J connectivity index is 0.000000186. The first-order valence-corrected chi connectivity index (χ1v) is 19.1. The van der Waals surface area contributed by atoms with Crippen molar-refractivity contribution >= 4 is 57.4 Å². The zero-order valence-corrected chi connectivity index (χ0v) is 33.7. The lowest BCUT2D eigenvalue weighted by Gasteiger charge is -2.21. The van der Waals surface area contributed by atoms with Gasteiger partial charge in [0.05, 0.1) is 69.5 Å². The normalized spacial score (nSPS) is 13.7. The van der Waals surface area contributed by atoms with Crippen molar-refractivity contribution in [1.82, 2.24) is 9.97 Å². The lowest BCUT2D eigenvalue weighted by atomic mass is 10.0. The molecule has 0 aliphatic carbocycles. The molecule has 4 heterocycles. The number of alkyl halides is 6. The first-order valence-electron chi connectivity index (χ1n) is 19.1. The summed E-state index contributed by atoms with van der Waals surface area (Å²) in [6, 6.07) is 27.1. The molecule has 0 fully saturated rings. The predicted octanol–water partition coefficient (Wildman–Crippen LogP) is 10.6. The van der Waals surface area contributed by atoms with Crippen LogP contribution in [0.5, 0.6) is 0 Å². The van der Waals surface area contributed by atoms with E-state index in [-0.39, 0.29) is 47.0 Å². The van der Waals surface area contributed by atoms with E-state index in [0.717, 1.165) is 45.5 Å². The van der Waals surface area contributed by atoms with Gasteiger partial charge in [0.1, 0.15) is 0 Å². The van der Waals surface area contributed by atoms with Crippen molar-refractivity contribution in [3.8, 4) is 22.3 Å². The number of halogens is 6. The van der Waals surface area contributed by atoms with Gasteiger partial charge in [-0.15, -0.1) is 0 Å². The topological polar surface area (TPSA) is 115 Å². The van der Waals surface area contributed by atoms with Crippen LogP contribution in [-0.4, -0.2) is 61.4 Å². The van der Waals surface area contributed by atoms with Gasteiger partial charge < -0.3 is 20.4 Å². The first kappa shape index (κ1) is 42.8. The molecular weight excluding hydrogens is 811 g/mol. The van der Waals surface area contributed by atoms with Crippen LogP contribution in [0.4, 0.5) is 60.5 Å². The van der Waals surface area contributed by atoms with Gasteiger partial charge in [0.2, 0.25) is 11.8 Å². The van der Waals surface area contributed by atoms with Crippen molar-refractivity contribution in [1.29, 1.82) is 0 Å². The van der Waals surface area contributed by atoms with Crippen molar-refractivity contribution in [2.45, 2.75) is 25.2 Å². The van der Waals surface area contributed by atoms with Gasteiger partial charge in [0, 0.05) is 58.5 Å². The number of nitrogens with zero attached hydrogens (tertiary/aromatic N) is 6. The number of fused-ring (bicyclic) bond motifs is 2. The molecule has 0 unspecified atom stereocenters. The van der Waals surface area contributed by atoms with Crippen LogP contribution in [0, 0.1) is 0 Å². The third-order valence-corrected chi connectivity index (χ3v) is 9.92. The van der Waals surface area contributed by atoms with Crippen LogP contribution >= 0.6 is 0 Å². The Morgan fingerprint density at radius 1 is 0.500 bits per heavy atom. The maximum Gasteiger partial charge on any atom is 0.418 e. The highest BCUT2D eigenvalue weighted by Gasteiger charge is 2.37. The summed E-state index contributed by atoms with van der Waals surface area (Å²) in [5, 5.41) is 5.13. The van der Waals surface area contributed by atoms with E-state index in [1.165, 1.54) is 50.1 Å². The van der Waals surface area contributed by atoms with E-state index in [4.69, 9.17) is 0 Å². The Hall–Kier alpha value is -7.36. The van der Waals surface area contributed by atoms with E-state index >= 15 is 0 Å². The number of rotatable bonds is 6. The fourth-order valence-corrected chi connectivity index (χ4v) is 6.96. The minimum Gasteiger partial charge on any atom is -0.377 e. The Morgan fingerprint density at radius 2 is 0.935 bits per heavy atom. The van der Waals surface area contributed by atoms with Crippen LogP contribution < -0.4 is 20.4 Å². The molecule has 16 heteroatoms. The van der Waals surface area contributed by atoms with Crippen LogP contribution in [0.1, 0.15) is 35.1 Å². The van der Waals surface area contributed by atoms with Crippen molar-refractivity contribution in [3.63, 3.8) is 0 Å². The molecule has 2 N–H and O–H groups in total. The lowest BCUT2D eigenvalue weighted by Crippen LogP contribution is -2.18. The van der Waals surface area contributed by atoms with Gasteiger partial charge in [-0.25, -0.2) is 0 Å². The van der Waals surface area contributed by atoms with Crippen LogP contribution in [0.15, 0.2) is 132 Å². The minimum atomic E-state index is -4.56. The molecule has 2 aliphatic rings. The van der Waals surface area contributed by atoms with Gasteiger partial charge in [0.15, 0.2) is 0 Å². The second-order valence-electron chi connectivity index (χ2n) is 14.8. The third-order valence-electron chi connectivity index (χ3n) is 9.92. The van der Waals surface area contributed by atoms with E-state index in [0.29, 0.717) is 11.4 Å². The molecule has 6 aromatic rings. The molecule has 2 aliphatic heterocycles. The molecule has 0 saturated heterocycles. The molecule has 0 spiro atoms. The summed E-state index contributed by atoms with van der Waals surface area (Å²) in [7, 11) is 6.15. The number of carbonyl (C=O) groups is 2. The Morgan fingerprint density at radius 3 is 1.35 bits per heavy atom. The summed E-state index contributed by atoms with van der Waals surface area (Å²) in [6.45, 7) is 0. The fraction of sp³-hybridized carbons (Fsp3) is 0.174. The molecule has 8 rings (SSSR count). The summed E-state index contributed by atoms with van der Waals surface area (Å²) in [5.41, 5.74) is 5.07. The van der Waals surface area contributed by atoms with E-state index in [1.54, 1.807) is 24.8 Å². The van der Waals surface area contributed by atoms with Crippen molar-refractivity contribution in [3.05, 3.63) is 144 Å². The van der Waals surface area contributed by atoms with Gasteiger partial charge in [-0.1, -0.05) is 42.5 Å². The highest BCUT2D eigenvalue weighted by molar-refractivity contribution is 6.18. The zero-order chi connectivity index (χ0) is 44.3. The highest BCUT2D eigenvalue weighted by atomic mass is 19.4. The number of benzene rings is 4. The number of nitrogens with one attached hydrogen (secondary N) is 2. The molecule has 10 nitrogen and oxygen atoms in total. The molecule has 0 atom stereocenters. The Bertz CT molecular complexity index is 2530. The van der Waals surface area contributed by atoms with Crippen LogP contribution in [0.2, 0.25) is 0 Å². The average molecular weight is 849 g/mol. The van der Waals surface area contributed by atoms with E-state index in [2.05, 4.69) is 30.6 Å². The lowest BCUT2D eigenvalue weighted by molar-refractivity contribution is -0.137. The number of hydrogen-bond donors (Lipinski definition) is 2. The molecule has 0 radical (unpaired) electrons. The first-order chi connectivity index (χ1) is 29.4. The smallest absolute Gasteiger partial charge is 0.377 e. The predicted molar refractivity (Wildman–Crippen MR) is 230 cm³/mol. The number of amides is 2. The maximum absolute atomic E-state index is 13.5. The van der Waals surface area contributed by atoms with Crippen molar-refractivity contribution in [2.75, 3.05) is 48.6 Å². The van der Waals surface area contributed by atoms with Gasteiger partial charge in [-0.3, -0.25) is 29.5 Å². The number of anilines is 4. The largest absolute Gasteiger partial charge is 0.418 e. The number of aliphatic imine (C=N–C) groups is 2. The summed E-state index contributed by atoms with van der Waals surface area (Å²) >= 11 is 0. The molecule has 2 aromatic heterocycles. The minimum absolute atomic E-state index is 0.0176. The third kappa shape index (κ3) is 9.65. The van der Waals surface area contributed by atoms with Crippen molar-refractivity contribution < 1.29 is 35.9 Å². The molecule has 4 aromatic carbocycles. The molecule has 0 saturated carbocycles. The number of carbonyl (C=O) groups excluding carboxylic acids is 2. The monoisotopic (exact) mass is 848 g/mol. The molecular formula is C46H38F6N8O2. The van der Waals surface area contributed by atoms with Crippen LogP contribution in [-0.2, 0) is 21.9 Å². The van der Waals surface area contributed by atoms with Gasteiger partial charge in [0.25, 0.3) is 0 Å². The van der Waals surface area contributed by atoms with Crippen molar-refractivity contribution in [2.24, 2.45) is 9.98 Å². The standard InChI is InChI=1S/2C23H19F3N4O/c1-30(2)21-11-20-19(10-17(21)23(24,25)26)29-22(31)12-18(28-20)15-6-3-5-14(9-15)16-7-4-8-27-13-16;1-30(2)21-12-20-19(11-17(21)23(24,25)26)29-22(31)13-18(28-20)16-5-3-4-15(10-16)14-6-8-27-9-7-14/h3-11,13H,12H2,1-2H3,(H,29,31);3-12H,13H2,1-2H3,(H,29,31). The highest BCUT2D eigenvalue weighted by Crippen LogP contribution is 2.44. The fourth-order valence-electron chi connectivity index (χ4n) is 6.96. The van der Waals surface area contributed by atoms with Gasteiger partial charge in [-0.2, -0.15) is 26.3 Å². The second-order valence-corrected chi connectivity index (χ2v) is 14.8. The van der Waals surface area contributed by atoms with Crippen LogP contribution in [0.3, 0.4) is 0 Å². The van der Waals surface area contributed by atoms with E-state index < -0.39 is 35.3 Å². The van der Waals surface area contributed by atoms with Crippen LogP contribution in [0.25, 0.3) is 22.3 Å². The number of hydrogen-bond acceptors (Lipinski definition) is 8. The van der Waals surface area contributed by atoms with E-state index in [9.17, 15) is 35.9 Å². The summed E-state index contributed by atoms with van der Waals surface area (Å²) < 4.78 is 81.3. The molecule has 0 bridgehead atoms. The maximum atomic E-state index is 13.5. The Labute approximate surface area is 352 Å². The molecule has 316 valence electrons.